The van der Waals surface area contributed by atoms with Crippen LogP contribution in [0.3, 0.4) is 0 Å². The van der Waals surface area contributed by atoms with E-state index in [9.17, 15) is 4.79 Å². The van der Waals surface area contributed by atoms with Crippen molar-refractivity contribution >= 4 is 40.3 Å². The van der Waals surface area contributed by atoms with Crippen molar-refractivity contribution in [2.45, 2.75) is 6.54 Å². The molecule has 0 radical (unpaired) electrons. The summed E-state index contributed by atoms with van der Waals surface area (Å²) in [6.07, 6.45) is 7.22. The lowest BCUT2D eigenvalue weighted by Crippen LogP contribution is -2.27. The Hall–Kier alpha value is -2.11. The van der Waals surface area contributed by atoms with Crippen LogP contribution in [0.2, 0.25) is 0 Å². The summed E-state index contributed by atoms with van der Waals surface area (Å²) in [5, 5.41) is 0. The van der Waals surface area contributed by atoms with Crippen LogP contribution in [-0.4, -0.2) is 15.1 Å². The third-order valence-corrected chi connectivity index (χ3v) is 4.50. The molecule has 0 saturated carbocycles. The van der Waals surface area contributed by atoms with E-state index >= 15 is 0 Å². The summed E-state index contributed by atoms with van der Waals surface area (Å²) < 4.78 is 5.83. The van der Waals surface area contributed by atoms with E-state index in [0.29, 0.717) is 15.8 Å². The third kappa shape index (κ3) is 3.37. The Morgan fingerprint density at radius 1 is 1.18 bits per heavy atom. The molecule has 0 atom stereocenters. The highest BCUT2D eigenvalue weighted by Crippen LogP contribution is 2.32. The zero-order valence-electron chi connectivity index (χ0n) is 11.6. The first-order valence-corrected chi connectivity index (χ1v) is 7.96. The molecular weight excluding hydrogens is 314 g/mol. The van der Waals surface area contributed by atoms with Gasteiger partial charge in [0.1, 0.15) is 10.1 Å². The maximum atomic E-state index is 12.4. The molecule has 3 nitrogen and oxygen atoms in total. The van der Waals surface area contributed by atoms with E-state index in [-0.39, 0.29) is 5.91 Å². The maximum absolute atomic E-state index is 12.4. The lowest BCUT2D eigenvalue weighted by molar-refractivity contribution is -0.122. The Bertz CT molecular complexity index is 733. The lowest BCUT2D eigenvalue weighted by Gasteiger charge is -2.11. The molecule has 0 unspecified atom stereocenters. The normalized spacial score (nSPS) is 17.1. The number of amides is 1. The van der Waals surface area contributed by atoms with Gasteiger partial charge in [-0.2, -0.15) is 0 Å². The first-order valence-electron chi connectivity index (χ1n) is 6.73. The van der Waals surface area contributed by atoms with Crippen LogP contribution in [0.25, 0.3) is 6.08 Å². The average molecular weight is 327 g/mol. The van der Waals surface area contributed by atoms with Gasteiger partial charge in [-0.15, -0.1) is 0 Å². The second-order valence-electron chi connectivity index (χ2n) is 4.64. The van der Waals surface area contributed by atoms with Gasteiger partial charge >= 0.3 is 0 Å². The molecule has 2 aromatic rings. The van der Waals surface area contributed by atoms with Gasteiger partial charge in [0.2, 0.25) is 0 Å². The van der Waals surface area contributed by atoms with Gasteiger partial charge in [0.05, 0.1) is 17.7 Å². The van der Waals surface area contributed by atoms with Gasteiger partial charge in [-0.05, 0) is 23.8 Å². The van der Waals surface area contributed by atoms with Gasteiger partial charge in [0.15, 0.2) is 0 Å². The van der Waals surface area contributed by atoms with Gasteiger partial charge in [-0.1, -0.05) is 66.5 Å². The predicted octanol–water partition coefficient (Wildman–Crippen LogP) is 4.24. The lowest BCUT2D eigenvalue weighted by atomic mass is 10.2. The van der Waals surface area contributed by atoms with Gasteiger partial charge < -0.3 is 4.42 Å². The van der Waals surface area contributed by atoms with Crippen LogP contribution >= 0.6 is 24.0 Å². The van der Waals surface area contributed by atoms with Crippen LogP contribution in [0.5, 0.6) is 0 Å². The van der Waals surface area contributed by atoms with Crippen LogP contribution in [-0.2, 0) is 11.3 Å². The Labute approximate surface area is 138 Å². The number of rotatable bonds is 4. The monoisotopic (exact) mass is 327 g/mol. The van der Waals surface area contributed by atoms with Gasteiger partial charge in [-0.25, -0.2) is 0 Å². The summed E-state index contributed by atoms with van der Waals surface area (Å²) in [6.45, 7) is 0.372. The fourth-order valence-electron chi connectivity index (χ4n) is 2.02. The minimum Gasteiger partial charge on any atom is -0.467 e. The number of furan rings is 1. The predicted molar refractivity (Wildman–Crippen MR) is 93.0 cm³/mol. The summed E-state index contributed by atoms with van der Waals surface area (Å²) in [5.41, 5.74) is 1.09. The average Bonchev–Trinajstić information content (AvgIpc) is 3.13. The second-order valence-corrected chi connectivity index (χ2v) is 6.32. The van der Waals surface area contributed by atoms with E-state index in [1.165, 1.54) is 11.8 Å². The smallest absolute Gasteiger partial charge is 0.266 e. The minimum absolute atomic E-state index is 0.0795. The highest BCUT2D eigenvalue weighted by atomic mass is 32.2. The number of hydrogen-bond donors (Lipinski definition) is 0. The molecule has 3 rings (SSSR count). The molecule has 1 aliphatic heterocycles. The summed E-state index contributed by atoms with van der Waals surface area (Å²) in [6, 6.07) is 13.6. The summed E-state index contributed by atoms with van der Waals surface area (Å²) >= 11 is 6.59. The number of hydrogen-bond acceptors (Lipinski definition) is 4. The van der Waals surface area contributed by atoms with Crippen molar-refractivity contribution in [3.63, 3.8) is 0 Å². The van der Waals surface area contributed by atoms with E-state index in [0.717, 1.165) is 11.3 Å². The molecular formula is C17H13NO2S2. The number of thioether (sulfide) groups is 1. The number of benzene rings is 1. The maximum Gasteiger partial charge on any atom is 0.266 e. The topological polar surface area (TPSA) is 33.5 Å². The molecule has 1 amide bonds. The van der Waals surface area contributed by atoms with Crippen LogP contribution in [0.1, 0.15) is 11.3 Å². The zero-order valence-corrected chi connectivity index (χ0v) is 13.3. The summed E-state index contributed by atoms with van der Waals surface area (Å²) in [5.74, 6) is 0.640. The number of allylic oxidation sites excluding steroid dienone is 2. The minimum atomic E-state index is -0.0795. The Kier molecular flexibility index (Phi) is 4.56. The van der Waals surface area contributed by atoms with Crippen molar-refractivity contribution in [3.05, 3.63) is 77.1 Å². The van der Waals surface area contributed by atoms with Crippen LogP contribution in [0.4, 0.5) is 0 Å². The molecule has 5 heteroatoms. The molecule has 1 aliphatic rings. The molecule has 22 heavy (non-hydrogen) atoms. The van der Waals surface area contributed by atoms with E-state index in [1.807, 2.05) is 48.6 Å². The van der Waals surface area contributed by atoms with E-state index in [2.05, 4.69) is 0 Å². The Morgan fingerprint density at radius 2 is 2.00 bits per heavy atom. The van der Waals surface area contributed by atoms with Crippen molar-refractivity contribution in [1.82, 2.24) is 4.90 Å². The van der Waals surface area contributed by atoms with Gasteiger partial charge in [0.25, 0.3) is 5.91 Å². The summed E-state index contributed by atoms with van der Waals surface area (Å²) in [4.78, 5) is 14.5. The molecule has 0 spiro atoms. The standard InChI is InChI=1S/C17H13NO2S2/c19-16-15(10-4-8-13-6-2-1-3-7-13)22-17(21)18(16)12-14-9-5-11-20-14/h1-11H,12H2/b8-4+,15-10+. The molecule has 0 N–H and O–H groups in total. The van der Waals surface area contributed by atoms with Gasteiger partial charge in [0, 0.05) is 0 Å². The van der Waals surface area contributed by atoms with Crippen molar-refractivity contribution in [1.29, 1.82) is 0 Å². The van der Waals surface area contributed by atoms with Crippen LogP contribution in [0, 0.1) is 0 Å². The van der Waals surface area contributed by atoms with Crippen molar-refractivity contribution in [2.75, 3.05) is 0 Å². The van der Waals surface area contributed by atoms with Crippen LogP contribution < -0.4 is 0 Å². The molecule has 110 valence electrons. The quantitative estimate of drug-likeness (QED) is 0.621. The zero-order chi connectivity index (χ0) is 15.4. The van der Waals surface area contributed by atoms with E-state index < -0.39 is 0 Å². The molecule has 1 saturated heterocycles. The molecule has 1 aromatic carbocycles. The molecule has 2 heterocycles. The van der Waals surface area contributed by atoms with Crippen molar-refractivity contribution in [3.8, 4) is 0 Å². The SMILES string of the molecule is O=C1/C(=C\C=C\c2ccccc2)SC(=S)N1Cc1ccco1. The van der Waals surface area contributed by atoms with E-state index in [4.69, 9.17) is 16.6 Å². The highest BCUT2D eigenvalue weighted by Gasteiger charge is 2.32. The van der Waals surface area contributed by atoms with Crippen LogP contribution in [0.15, 0.2) is 70.2 Å². The Balaban J connectivity index is 1.70. The van der Waals surface area contributed by atoms with Crippen molar-refractivity contribution < 1.29 is 9.21 Å². The van der Waals surface area contributed by atoms with Gasteiger partial charge in [-0.3, -0.25) is 9.69 Å². The third-order valence-electron chi connectivity index (χ3n) is 3.10. The molecule has 0 aliphatic carbocycles. The molecule has 0 bridgehead atoms. The molecule has 1 aromatic heterocycles. The fourth-order valence-corrected chi connectivity index (χ4v) is 3.23. The molecule has 1 fully saturated rings. The number of carbonyl (C=O) groups is 1. The number of nitrogens with zero attached hydrogens (tertiary/aromatic N) is 1. The number of thiocarbonyl (C=S) groups is 1. The fraction of sp³-hybridized carbons (Fsp3) is 0.0588. The Morgan fingerprint density at radius 3 is 2.73 bits per heavy atom. The largest absolute Gasteiger partial charge is 0.467 e. The first-order chi connectivity index (χ1) is 10.7. The van der Waals surface area contributed by atoms with E-state index in [1.54, 1.807) is 23.3 Å². The summed E-state index contributed by atoms with van der Waals surface area (Å²) in [7, 11) is 0. The first kappa shape index (κ1) is 14.8. The number of carbonyl (C=O) groups excluding carboxylic acids is 1. The highest BCUT2D eigenvalue weighted by molar-refractivity contribution is 8.26. The second kappa shape index (κ2) is 6.77. The van der Waals surface area contributed by atoms with Crippen molar-refractivity contribution in [2.24, 2.45) is 0 Å².